The largest absolute Gasteiger partial charge is 0.465 e. The van der Waals surface area contributed by atoms with Crippen LogP contribution in [0.3, 0.4) is 0 Å². The number of methoxy groups -OCH3 is 1. The van der Waals surface area contributed by atoms with Crippen LogP contribution in [0.2, 0.25) is 0 Å². The van der Waals surface area contributed by atoms with Crippen LogP contribution in [0, 0.1) is 23.7 Å². The first-order chi connectivity index (χ1) is 27.8. The Morgan fingerprint density at radius 1 is 0.867 bits per heavy atom. The highest BCUT2D eigenvalue weighted by Crippen LogP contribution is 2.41. The Morgan fingerprint density at radius 3 is 2.07 bits per heavy atom. The summed E-state index contributed by atoms with van der Waals surface area (Å²) in [4.78, 5) is 55.3. The summed E-state index contributed by atoms with van der Waals surface area (Å²) in [6, 6.07) is -0.433. The molecule has 0 amide bonds. The molecule has 17 heteroatoms. The number of cyclic esters (lactones) is 1. The fourth-order valence-electron chi connectivity index (χ4n) is 9.08. The minimum atomic E-state index is -2.04. The van der Waals surface area contributed by atoms with Crippen LogP contribution in [0.1, 0.15) is 115 Å². The van der Waals surface area contributed by atoms with Gasteiger partial charge in [-0.05, 0) is 74.9 Å². The first kappa shape index (κ1) is 52.0. The van der Waals surface area contributed by atoms with Gasteiger partial charge in [0.25, 0.3) is 0 Å². The molecule has 17 nitrogen and oxygen atoms in total. The molecule has 0 aromatic rings. The molecule has 0 saturated carbocycles. The van der Waals surface area contributed by atoms with E-state index in [-0.39, 0.29) is 38.7 Å². The first-order valence-corrected chi connectivity index (χ1v) is 21.5. The van der Waals surface area contributed by atoms with Gasteiger partial charge in [-0.15, -0.1) is 0 Å². The molecule has 0 aromatic heterocycles. The molecular weight excluding hydrogens is 786 g/mol. The zero-order valence-electron chi connectivity index (χ0n) is 38.2. The van der Waals surface area contributed by atoms with Crippen molar-refractivity contribution in [1.29, 1.82) is 0 Å². The maximum atomic E-state index is 14.3. The molecule has 18 atom stereocenters. The summed E-state index contributed by atoms with van der Waals surface area (Å²) in [5, 5.41) is 46.8. The summed E-state index contributed by atoms with van der Waals surface area (Å²) < 4.78 is 48.9. The van der Waals surface area contributed by atoms with Crippen molar-refractivity contribution in [3.8, 4) is 0 Å². The van der Waals surface area contributed by atoms with Crippen LogP contribution >= 0.6 is 0 Å². The van der Waals surface area contributed by atoms with Crippen molar-refractivity contribution in [2.45, 2.75) is 199 Å². The molecule has 3 heterocycles. The molecule has 4 N–H and O–H groups in total. The third-order valence-corrected chi connectivity index (χ3v) is 12.9. The Bertz CT molecular complexity index is 1440. The van der Waals surface area contributed by atoms with E-state index in [0.29, 0.717) is 6.42 Å². The number of esters is 3. The molecule has 3 aliphatic rings. The summed E-state index contributed by atoms with van der Waals surface area (Å²) >= 11 is 0. The summed E-state index contributed by atoms with van der Waals surface area (Å²) in [5.41, 5.74) is -5.05. The van der Waals surface area contributed by atoms with E-state index in [1.165, 1.54) is 27.9 Å². The van der Waals surface area contributed by atoms with Crippen molar-refractivity contribution in [3.63, 3.8) is 0 Å². The third kappa shape index (κ3) is 12.2. The lowest BCUT2D eigenvalue weighted by atomic mass is 9.74. The van der Waals surface area contributed by atoms with Crippen LogP contribution in [-0.4, -0.2) is 161 Å². The van der Waals surface area contributed by atoms with E-state index in [9.17, 15) is 39.6 Å². The molecular formula is C43H75NO16. The van der Waals surface area contributed by atoms with Gasteiger partial charge >= 0.3 is 17.9 Å². The number of aliphatic hydroxyl groups excluding tert-OH is 2. The third-order valence-electron chi connectivity index (χ3n) is 12.9. The van der Waals surface area contributed by atoms with Crippen molar-refractivity contribution >= 4 is 23.7 Å². The predicted octanol–water partition coefficient (Wildman–Crippen LogP) is 2.68. The highest BCUT2D eigenvalue weighted by atomic mass is 16.7. The highest BCUT2D eigenvalue weighted by molar-refractivity contribution is 5.83. The van der Waals surface area contributed by atoms with Gasteiger partial charge in [-0.25, -0.2) is 0 Å². The molecule has 0 radical (unpaired) electrons. The number of likely N-dealkylation sites (N-methyl/N-ethyl adjacent to an activating group) is 1. The Labute approximate surface area is 356 Å². The van der Waals surface area contributed by atoms with Gasteiger partial charge in [0.2, 0.25) is 0 Å². The van der Waals surface area contributed by atoms with Gasteiger partial charge in [0, 0.05) is 37.7 Å². The van der Waals surface area contributed by atoms with E-state index in [1.807, 2.05) is 25.9 Å². The van der Waals surface area contributed by atoms with Gasteiger partial charge in [0.15, 0.2) is 18.7 Å². The average Bonchev–Trinajstić information content (AvgIpc) is 3.18. The second-order valence-electron chi connectivity index (χ2n) is 18.3. The van der Waals surface area contributed by atoms with Gasteiger partial charge in [-0.1, -0.05) is 34.6 Å². The van der Waals surface area contributed by atoms with E-state index in [2.05, 4.69) is 0 Å². The normalized spacial score (nSPS) is 43.8. The van der Waals surface area contributed by atoms with E-state index in [1.54, 1.807) is 48.5 Å². The number of carbonyl (C=O) groups is 4. The number of hydrogen-bond donors (Lipinski definition) is 4. The van der Waals surface area contributed by atoms with E-state index >= 15 is 0 Å². The summed E-state index contributed by atoms with van der Waals surface area (Å²) in [6.07, 6.45) is -10.7. The Kier molecular flexibility index (Phi) is 18.5. The quantitative estimate of drug-likeness (QED) is 0.163. The lowest BCUT2D eigenvalue weighted by Gasteiger charge is -2.49. The van der Waals surface area contributed by atoms with Crippen molar-refractivity contribution < 1.29 is 77.5 Å². The van der Waals surface area contributed by atoms with E-state index in [4.69, 9.17) is 37.9 Å². The lowest BCUT2D eigenvalue weighted by Crippen LogP contribution is -2.61. The minimum absolute atomic E-state index is 0.0448. The van der Waals surface area contributed by atoms with Crippen LogP contribution in [0.5, 0.6) is 0 Å². The Balaban J connectivity index is 2.21. The first-order valence-electron chi connectivity index (χ1n) is 21.5. The SMILES string of the molecule is CCC(=O)OCCC(=O)O[C@H]1C(O[C@@H]2[C@@H](C)[C@H](OC3C[C@](C)(OC)[C@H](O)[C@@H](C)O3)[C@@H](C)C(=O)O[C@H](CC)[C@@](C)(O)[C@H](O)[C@@H](C)C(=O)[C@H](C)C[C@@]2(C)O)O[C@H](C)C[C@@H]1N(C)C. The van der Waals surface area contributed by atoms with Crippen molar-refractivity contribution in [1.82, 2.24) is 4.90 Å². The zero-order valence-corrected chi connectivity index (χ0v) is 38.2. The fraction of sp³-hybridized carbons (Fsp3) is 0.907. The topological polar surface area (TPSA) is 226 Å². The van der Waals surface area contributed by atoms with Crippen LogP contribution in [0.15, 0.2) is 0 Å². The van der Waals surface area contributed by atoms with Gasteiger partial charge in [0.05, 0.1) is 60.1 Å². The minimum Gasteiger partial charge on any atom is -0.465 e. The summed E-state index contributed by atoms with van der Waals surface area (Å²) in [6.45, 7) is 17.5. The number of Topliss-reactive ketones (excluding diaryl/α,β-unsaturated/α-hetero) is 1. The summed E-state index contributed by atoms with van der Waals surface area (Å²) in [7, 11) is 5.10. The van der Waals surface area contributed by atoms with Crippen molar-refractivity contribution in [2.75, 3.05) is 27.8 Å². The van der Waals surface area contributed by atoms with E-state index < -0.39 is 132 Å². The number of ether oxygens (including phenoxy) is 8. The highest BCUT2D eigenvalue weighted by Gasteiger charge is 2.54. The van der Waals surface area contributed by atoms with Crippen LogP contribution in [0.25, 0.3) is 0 Å². The molecule has 60 heavy (non-hydrogen) atoms. The standard InChI is InChI=1S/C43H75NO16/c1-15-29-43(11,52)36(48)24(5)33(47)22(3)20-41(9,51)38(25(6)34(26(7)39(50)57-29)59-32-21-42(10,53-14)37(49)27(8)56-32)60-40-35(28(44(12)13)19-23(4)55-40)58-31(46)17-18-54-30(45)16-2/h22-29,32,34-38,40,48-49,51-52H,15-21H2,1-14H3/t22-,23-,24+,25+,26-,27-,28+,29-,32?,34+,35-,36-,37-,38-,40?,41-,42+,43-/m1/s1. The van der Waals surface area contributed by atoms with Gasteiger partial charge in [-0.2, -0.15) is 0 Å². The number of hydrogen-bond acceptors (Lipinski definition) is 17. The van der Waals surface area contributed by atoms with Gasteiger partial charge in [-0.3, -0.25) is 19.2 Å². The zero-order chi connectivity index (χ0) is 45.7. The molecule has 3 aliphatic heterocycles. The van der Waals surface area contributed by atoms with Crippen LogP contribution in [0.4, 0.5) is 0 Å². The Hall–Kier alpha value is -2.32. The second kappa shape index (κ2) is 21.4. The van der Waals surface area contributed by atoms with Crippen molar-refractivity contribution in [3.05, 3.63) is 0 Å². The predicted molar refractivity (Wildman–Crippen MR) is 216 cm³/mol. The number of carbonyl (C=O) groups excluding carboxylic acids is 4. The van der Waals surface area contributed by atoms with Gasteiger partial charge in [0.1, 0.15) is 30.2 Å². The molecule has 0 aliphatic carbocycles. The van der Waals surface area contributed by atoms with Gasteiger partial charge < -0.3 is 63.2 Å². The van der Waals surface area contributed by atoms with Crippen molar-refractivity contribution in [2.24, 2.45) is 23.7 Å². The maximum absolute atomic E-state index is 14.3. The molecule has 3 fully saturated rings. The monoisotopic (exact) mass is 862 g/mol. The molecule has 0 spiro atoms. The number of nitrogens with zero attached hydrogens (tertiary/aromatic N) is 1. The summed E-state index contributed by atoms with van der Waals surface area (Å²) in [5.74, 6) is -6.51. The average molecular weight is 862 g/mol. The molecule has 3 rings (SSSR count). The second-order valence-corrected chi connectivity index (χ2v) is 18.3. The van der Waals surface area contributed by atoms with Crippen LogP contribution in [-0.2, 0) is 57.1 Å². The number of rotatable bonds is 12. The lowest BCUT2D eigenvalue weighted by molar-refractivity contribution is -0.319. The fourth-order valence-corrected chi connectivity index (χ4v) is 9.08. The number of aliphatic hydroxyl groups is 4. The molecule has 0 aromatic carbocycles. The molecule has 3 saturated heterocycles. The molecule has 0 bridgehead atoms. The van der Waals surface area contributed by atoms with Crippen LogP contribution < -0.4 is 0 Å². The van der Waals surface area contributed by atoms with E-state index in [0.717, 1.165) is 0 Å². The Morgan fingerprint density at radius 2 is 1.50 bits per heavy atom. The number of ketones is 1. The smallest absolute Gasteiger partial charge is 0.311 e. The molecule has 2 unspecified atom stereocenters. The maximum Gasteiger partial charge on any atom is 0.311 e. The molecule has 348 valence electrons.